The number of rotatable bonds is 7. The number of carbonyl (C=O) groups excluding carboxylic acids is 1. The van der Waals surface area contributed by atoms with Crippen molar-refractivity contribution < 1.29 is 19.3 Å². The number of nitrogens with one attached hydrogen (secondary N) is 1. The minimum absolute atomic E-state index is 0.0214. The van der Waals surface area contributed by atoms with Gasteiger partial charge in [-0.15, -0.1) is 5.10 Å². The fraction of sp³-hybridized carbons (Fsp3) is 0.154. The number of carboxylic acid groups (broad SMARTS) is 1. The minimum atomic E-state index is -1.26. The Morgan fingerprint density at radius 2 is 2.25 bits per heavy atom. The Hall–Kier alpha value is -3.63. The Bertz CT molecular complexity index is 873. The second kappa shape index (κ2) is 6.64. The Labute approximate surface area is 134 Å². The lowest BCUT2D eigenvalue weighted by molar-refractivity contribution is 0.0685. The molecule has 2 heterocycles. The maximum Gasteiger partial charge on any atom is 0.362 e. The van der Waals surface area contributed by atoms with Crippen molar-refractivity contribution >= 4 is 18.1 Å². The van der Waals surface area contributed by atoms with Crippen molar-refractivity contribution in [3.8, 4) is 0 Å². The number of anilines is 1. The lowest BCUT2D eigenvalue weighted by atomic mass is 10.1. The normalized spacial score (nSPS) is 10.5. The summed E-state index contributed by atoms with van der Waals surface area (Å²) in [6.07, 6.45) is 1.16. The SMILES string of the molecule is O=Cc1cccc(Cc2nnnn2CNc2nonc2C(=O)O)c1. The molecule has 0 radical (unpaired) electrons. The van der Waals surface area contributed by atoms with E-state index in [1.807, 2.05) is 6.07 Å². The number of tetrazole rings is 1. The van der Waals surface area contributed by atoms with E-state index < -0.39 is 5.97 Å². The molecule has 0 aliphatic rings. The van der Waals surface area contributed by atoms with Gasteiger partial charge in [-0.2, -0.15) is 0 Å². The Kier molecular flexibility index (Phi) is 4.23. The predicted molar refractivity (Wildman–Crippen MR) is 77.3 cm³/mol. The van der Waals surface area contributed by atoms with Crippen LogP contribution in [-0.2, 0) is 13.1 Å². The third-order valence-electron chi connectivity index (χ3n) is 3.14. The molecule has 0 amide bonds. The first-order valence-electron chi connectivity index (χ1n) is 6.76. The molecule has 122 valence electrons. The third kappa shape index (κ3) is 3.24. The first kappa shape index (κ1) is 15.3. The zero-order chi connectivity index (χ0) is 16.9. The summed E-state index contributed by atoms with van der Waals surface area (Å²) in [5, 5.41) is 29.8. The second-order valence-corrected chi connectivity index (χ2v) is 4.74. The van der Waals surface area contributed by atoms with Crippen LogP contribution in [0.1, 0.15) is 32.2 Å². The molecule has 0 aliphatic heterocycles. The monoisotopic (exact) mass is 329 g/mol. The van der Waals surface area contributed by atoms with Crippen LogP contribution in [-0.4, -0.2) is 47.9 Å². The molecular weight excluding hydrogens is 318 g/mol. The molecule has 0 bridgehead atoms. The molecule has 2 aromatic heterocycles. The van der Waals surface area contributed by atoms with Gasteiger partial charge >= 0.3 is 5.97 Å². The summed E-state index contributed by atoms with van der Waals surface area (Å²) >= 11 is 0. The number of aldehydes is 1. The largest absolute Gasteiger partial charge is 0.476 e. The quantitative estimate of drug-likeness (QED) is 0.576. The molecular formula is C13H11N7O4. The lowest BCUT2D eigenvalue weighted by Gasteiger charge is -2.06. The maximum absolute atomic E-state index is 10.9. The van der Waals surface area contributed by atoms with Crippen LogP contribution in [0.5, 0.6) is 0 Å². The van der Waals surface area contributed by atoms with Gasteiger partial charge in [0.25, 0.3) is 0 Å². The van der Waals surface area contributed by atoms with E-state index in [0.717, 1.165) is 11.8 Å². The highest BCUT2D eigenvalue weighted by Gasteiger charge is 2.17. The molecule has 0 spiro atoms. The number of aromatic nitrogens is 6. The van der Waals surface area contributed by atoms with Crippen LogP contribution in [0.25, 0.3) is 0 Å². The molecule has 0 aliphatic carbocycles. The molecule has 0 atom stereocenters. The lowest BCUT2D eigenvalue weighted by Crippen LogP contribution is -2.15. The van der Waals surface area contributed by atoms with Crippen LogP contribution < -0.4 is 5.32 Å². The van der Waals surface area contributed by atoms with Crippen LogP contribution in [0.3, 0.4) is 0 Å². The van der Waals surface area contributed by atoms with Gasteiger partial charge in [0.05, 0.1) is 0 Å². The van der Waals surface area contributed by atoms with Gasteiger partial charge in [0.15, 0.2) is 5.82 Å². The van der Waals surface area contributed by atoms with Crippen molar-refractivity contribution in [3.05, 3.63) is 46.9 Å². The molecule has 3 rings (SSSR count). The number of carboxylic acids is 1. The summed E-state index contributed by atoms with van der Waals surface area (Å²) in [6.45, 7) is 0.0736. The highest BCUT2D eigenvalue weighted by atomic mass is 16.6. The van der Waals surface area contributed by atoms with E-state index in [1.165, 1.54) is 4.68 Å². The number of benzene rings is 1. The van der Waals surface area contributed by atoms with Crippen molar-refractivity contribution in [1.29, 1.82) is 0 Å². The van der Waals surface area contributed by atoms with Gasteiger partial charge in [-0.3, -0.25) is 4.79 Å². The summed E-state index contributed by atoms with van der Waals surface area (Å²) in [7, 11) is 0. The highest BCUT2D eigenvalue weighted by Crippen LogP contribution is 2.11. The van der Waals surface area contributed by atoms with Crippen LogP contribution in [0.15, 0.2) is 28.9 Å². The average molecular weight is 329 g/mol. The number of hydrogen-bond acceptors (Lipinski definition) is 9. The summed E-state index contributed by atoms with van der Waals surface area (Å²) in [4.78, 5) is 21.8. The van der Waals surface area contributed by atoms with Crippen LogP contribution >= 0.6 is 0 Å². The molecule has 1 aromatic carbocycles. The Morgan fingerprint density at radius 1 is 1.38 bits per heavy atom. The van der Waals surface area contributed by atoms with E-state index in [1.54, 1.807) is 18.2 Å². The third-order valence-corrected chi connectivity index (χ3v) is 3.14. The van der Waals surface area contributed by atoms with Gasteiger partial charge in [-0.1, -0.05) is 18.2 Å². The van der Waals surface area contributed by atoms with E-state index >= 15 is 0 Å². The van der Waals surface area contributed by atoms with Crippen LogP contribution in [0.2, 0.25) is 0 Å². The van der Waals surface area contributed by atoms with Crippen molar-refractivity contribution in [2.75, 3.05) is 5.32 Å². The fourth-order valence-corrected chi connectivity index (χ4v) is 2.03. The van der Waals surface area contributed by atoms with Crippen molar-refractivity contribution in [2.45, 2.75) is 13.1 Å². The van der Waals surface area contributed by atoms with E-state index in [-0.39, 0.29) is 18.2 Å². The summed E-state index contributed by atoms with van der Waals surface area (Å²) in [6, 6.07) is 7.06. The minimum Gasteiger partial charge on any atom is -0.476 e. The molecule has 3 aromatic rings. The van der Waals surface area contributed by atoms with E-state index in [0.29, 0.717) is 17.8 Å². The fourth-order valence-electron chi connectivity index (χ4n) is 2.03. The molecule has 11 nitrogen and oxygen atoms in total. The smallest absolute Gasteiger partial charge is 0.362 e. The van der Waals surface area contributed by atoms with Crippen LogP contribution in [0, 0.1) is 0 Å². The first-order chi connectivity index (χ1) is 11.7. The number of carbonyl (C=O) groups is 2. The van der Waals surface area contributed by atoms with Crippen molar-refractivity contribution in [3.63, 3.8) is 0 Å². The second-order valence-electron chi connectivity index (χ2n) is 4.74. The topological polar surface area (TPSA) is 149 Å². The molecule has 11 heteroatoms. The molecule has 0 fully saturated rings. The number of nitrogens with zero attached hydrogens (tertiary/aromatic N) is 6. The van der Waals surface area contributed by atoms with E-state index in [9.17, 15) is 9.59 Å². The van der Waals surface area contributed by atoms with Gasteiger partial charge in [-0.05, 0) is 32.4 Å². The van der Waals surface area contributed by atoms with Gasteiger partial charge in [-0.25, -0.2) is 14.1 Å². The number of aromatic carboxylic acids is 1. The van der Waals surface area contributed by atoms with E-state index in [2.05, 4.69) is 35.8 Å². The average Bonchev–Trinajstić information content (AvgIpc) is 3.22. The molecule has 24 heavy (non-hydrogen) atoms. The Balaban J connectivity index is 1.72. The first-order valence-corrected chi connectivity index (χ1v) is 6.76. The molecule has 0 saturated heterocycles. The zero-order valence-electron chi connectivity index (χ0n) is 12.2. The van der Waals surface area contributed by atoms with Crippen molar-refractivity contribution in [1.82, 2.24) is 30.5 Å². The van der Waals surface area contributed by atoms with Gasteiger partial charge in [0.1, 0.15) is 13.0 Å². The number of hydrogen-bond donors (Lipinski definition) is 2. The Morgan fingerprint density at radius 3 is 3.04 bits per heavy atom. The highest BCUT2D eigenvalue weighted by molar-refractivity contribution is 5.90. The maximum atomic E-state index is 10.9. The van der Waals surface area contributed by atoms with Gasteiger partial charge in [0.2, 0.25) is 11.5 Å². The molecule has 2 N–H and O–H groups in total. The summed E-state index contributed by atoms with van der Waals surface area (Å²) < 4.78 is 5.83. The molecule has 0 saturated carbocycles. The molecule has 0 unspecified atom stereocenters. The standard InChI is InChI=1S/C13H11N7O4/c21-6-9-3-1-2-8(4-9)5-10-15-18-19-20(10)7-14-12-11(13(22)23)16-24-17-12/h1-4,6H,5,7H2,(H,14,17)(H,22,23). The zero-order valence-corrected chi connectivity index (χ0v) is 12.2. The van der Waals surface area contributed by atoms with Crippen LogP contribution in [0.4, 0.5) is 5.82 Å². The van der Waals surface area contributed by atoms with E-state index in [4.69, 9.17) is 5.11 Å². The summed E-state index contributed by atoms with van der Waals surface area (Å²) in [5.74, 6) is -0.757. The van der Waals surface area contributed by atoms with Gasteiger partial charge < -0.3 is 10.4 Å². The van der Waals surface area contributed by atoms with Crippen molar-refractivity contribution in [2.24, 2.45) is 0 Å². The predicted octanol–water partition coefficient (Wildman–Crippen LogP) is 0.227. The van der Waals surface area contributed by atoms with Gasteiger partial charge in [0, 0.05) is 12.0 Å². The summed E-state index contributed by atoms with van der Waals surface area (Å²) in [5.41, 5.74) is 1.10.